The molecule has 1 atom stereocenters. The summed E-state index contributed by atoms with van der Waals surface area (Å²) in [5, 5.41) is 8.84. The summed E-state index contributed by atoms with van der Waals surface area (Å²) in [6.45, 7) is 1.72. The SMILES string of the molecule is COc1ccc(C(C)CO)c(F)c1. The largest absolute Gasteiger partial charge is 0.497 e. The topological polar surface area (TPSA) is 29.5 Å². The Labute approximate surface area is 77.0 Å². The minimum absolute atomic E-state index is 0.0523. The van der Waals surface area contributed by atoms with Gasteiger partial charge in [-0.3, -0.25) is 0 Å². The highest BCUT2D eigenvalue weighted by Crippen LogP contribution is 2.22. The minimum Gasteiger partial charge on any atom is -0.497 e. The molecule has 0 bridgehead atoms. The molecule has 0 fully saturated rings. The Balaban J connectivity index is 2.98. The molecule has 2 nitrogen and oxygen atoms in total. The number of hydrogen-bond donors (Lipinski definition) is 1. The molecule has 1 N–H and O–H groups in total. The lowest BCUT2D eigenvalue weighted by Crippen LogP contribution is -2.02. The van der Waals surface area contributed by atoms with Gasteiger partial charge < -0.3 is 9.84 Å². The monoisotopic (exact) mass is 184 g/mol. The van der Waals surface area contributed by atoms with Crippen LogP contribution in [0.15, 0.2) is 18.2 Å². The minimum atomic E-state index is -0.332. The van der Waals surface area contributed by atoms with Crippen LogP contribution in [0.25, 0.3) is 0 Å². The fourth-order valence-electron chi connectivity index (χ4n) is 1.13. The van der Waals surface area contributed by atoms with Gasteiger partial charge in [0.05, 0.1) is 7.11 Å². The van der Waals surface area contributed by atoms with Crippen molar-refractivity contribution in [2.45, 2.75) is 12.8 Å². The molecule has 13 heavy (non-hydrogen) atoms. The molecule has 1 rings (SSSR count). The lowest BCUT2D eigenvalue weighted by Gasteiger charge is -2.10. The van der Waals surface area contributed by atoms with E-state index in [4.69, 9.17) is 9.84 Å². The van der Waals surface area contributed by atoms with E-state index in [1.54, 1.807) is 19.1 Å². The van der Waals surface area contributed by atoms with E-state index in [0.29, 0.717) is 11.3 Å². The molecule has 1 aromatic rings. The average Bonchev–Trinajstić information content (AvgIpc) is 2.16. The molecule has 1 unspecified atom stereocenters. The summed E-state index contributed by atoms with van der Waals surface area (Å²) in [4.78, 5) is 0. The van der Waals surface area contributed by atoms with Gasteiger partial charge in [-0.1, -0.05) is 13.0 Å². The molecular formula is C10H13FO2. The maximum atomic E-state index is 13.3. The van der Waals surface area contributed by atoms with Crippen LogP contribution in [0, 0.1) is 5.82 Å². The summed E-state index contributed by atoms with van der Waals surface area (Å²) in [5.41, 5.74) is 0.517. The van der Waals surface area contributed by atoms with Crippen LogP contribution in [0.3, 0.4) is 0 Å². The molecule has 0 aromatic heterocycles. The highest BCUT2D eigenvalue weighted by molar-refractivity contribution is 5.30. The van der Waals surface area contributed by atoms with Crippen LogP contribution < -0.4 is 4.74 Å². The number of benzene rings is 1. The van der Waals surface area contributed by atoms with Crippen LogP contribution in [-0.2, 0) is 0 Å². The summed E-state index contributed by atoms with van der Waals surface area (Å²) < 4.78 is 18.1. The van der Waals surface area contributed by atoms with Crippen molar-refractivity contribution < 1.29 is 14.2 Å². The Morgan fingerprint density at radius 2 is 2.23 bits per heavy atom. The number of rotatable bonds is 3. The maximum Gasteiger partial charge on any atom is 0.130 e. The van der Waals surface area contributed by atoms with Crippen molar-refractivity contribution >= 4 is 0 Å². The number of hydrogen-bond acceptors (Lipinski definition) is 2. The third kappa shape index (κ3) is 2.18. The Kier molecular flexibility index (Phi) is 3.25. The molecule has 0 aliphatic rings. The zero-order valence-corrected chi connectivity index (χ0v) is 7.75. The number of halogens is 1. The fourth-order valence-corrected chi connectivity index (χ4v) is 1.13. The lowest BCUT2D eigenvalue weighted by molar-refractivity contribution is 0.270. The van der Waals surface area contributed by atoms with E-state index in [-0.39, 0.29) is 18.3 Å². The van der Waals surface area contributed by atoms with E-state index >= 15 is 0 Å². The Bertz CT molecular complexity index is 286. The van der Waals surface area contributed by atoms with E-state index < -0.39 is 0 Å². The first kappa shape index (κ1) is 9.99. The second kappa shape index (κ2) is 4.23. The van der Waals surface area contributed by atoms with Crippen LogP contribution in [0.5, 0.6) is 5.75 Å². The Morgan fingerprint density at radius 1 is 1.54 bits per heavy atom. The highest BCUT2D eigenvalue weighted by atomic mass is 19.1. The van der Waals surface area contributed by atoms with E-state index in [1.165, 1.54) is 13.2 Å². The van der Waals surface area contributed by atoms with Gasteiger partial charge in [-0.25, -0.2) is 4.39 Å². The standard InChI is InChI=1S/C10H13FO2/c1-7(6-12)9-4-3-8(13-2)5-10(9)11/h3-5,7,12H,6H2,1-2H3. The van der Waals surface area contributed by atoms with E-state index in [2.05, 4.69) is 0 Å². The number of aliphatic hydroxyl groups excluding tert-OH is 1. The van der Waals surface area contributed by atoms with Gasteiger partial charge in [0.15, 0.2) is 0 Å². The second-order valence-electron chi connectivity index (χ2n) is 2.97. The summed E-state index contributed by atoms with van der Waals surface area (Å²) in [6.07, 6.45) is 0. The zero-order chi connectivity index (χ0) is 9.84. The molecule has 0 amide bonds. The molecule has 0 saturated heterocycles. The first-order chi connectivity index (χ1) is 6.19. The van der Waals surface area contributed by atoms with Gasteiger partial charge in [0.1, 0.15) is 11.6 Å². The van der Waals surface area contributed by atoms with Crippen LogP contribution in [0.4, 0.5) is 4.39 Å². The highest BCUT2D eigenvalue weighted by Gasteiger charge is 2.10. The number of ether oxygens (including phenoxy) is 1. The van der Waals surface area contributed by atoms with Crippen LogP contribution in [0.2, 0.25) is 0 Å². The van der Waals surface area contributed by atoms with Crippen molar-refractivity contribution in [1.29, 1.82) is 0 Å². The molecule has 0 aliphatic carbocycles. The summed E-state index contributed by atoms with van der Waals surface area (Å²) in [7, 11) is 1.49. The molecular weight excluding hydrogens is 171 g/mol. The van der Waals surface area contributed by atoms with Gasteiger partial charge in [0.25, 0.3) is 0 Å². The van der Waals surface area contributed by atoms with E-state index in [9.17, 15) is 4.39 Å². The van der Waals surface area contributed by atoms with Gasteiger partial charge in [0, 0.05) is 18.6 Å². The first-order valence-corrected chi connectivity index (χ1v) is 4.13. The van der Waals surface area contributed by atoms with Gasteiger partial charge in [-0.15, -0.1) is 0 Å². The van der Waals surface area contributed by atoms with Crippen molar-refractivity contribution in [2.75, 3.05) is 13.7 Å². The van der Waals surface area contributed by atoms with Crippen LogP contribution in [0.1, 0.15) is 18.4 Å². The molecule has 72 valence electrons. The summed E-state index contributed by atoms with van der Waals surface area (Å²) >= 11 is 0. The predicted molar refractivity (Wildman–Crippen MR) is 48.5 cm³/mol. The predicted octanol–water partition coefficient (Wildman–Crippen LogP) is 1.93. The van der Waals surface area contributed by atoms with Gasteiger partial charge in [-0.2, -0.15) is 0 Å². The molecule has 0 radical (unpaired) electrons. The van der Waals surface area contributed by atoms with E-state index in [1.807, 2.05) is 0 Å². The van der Waals surface area contributed by atoms with E-state index in [0.717, 1.165) is 0 Å². The third-order valence-corrected chi connectivity index (χ3v) is 2.01. The zero-order valence-electron chi connectivity index (χ0n) is 7.75. The van der Waals surface area contributed by atoms with Crippen molar-refractivity contribution in [2.24, 2.45) is 0 Å². The molecule has 0 spiro atoms. The van der Waals surface area contributed by atoms with Crippen molar-refractivity contribution in [1.82, 2.24) is 0 Å². The van der Waals surface area contributed by atoms with Gasteiger partial charge in [-0.05, 0) is 11.6 Å². The smallest absolute Gasteiger partial charge is 0.130 e. The first-order valence-electron chi connectivity index (χ1n) is 4.13. The van der Waals surface area contributed by atoms with Crippen molar-refractivity contribution in [3.8, 4) is 5.75 Å². The Hall–Kier alpha value is -1.09. The number of methoxy groups -OCH3 is 1. The summed E-state index contributed by atoms with van der Waals surface area (Å²) in [5.74, 6) is -0.0156. The Morgan fingerprint density at radius 3 is 2.69 bits per heavy atom. The van der Waals surface area contributed by atoms with Crippen LogP contribution >= 0.6 is 0 Å². The molecule has 0 aliphatic heterocycles. The van der Waals surface area contributed by atoms with Crippen molar-refractivity contribution in [3.05, 3.63) is 29.6 Å². The molecule has 3 heteroatoms. The second-order valence-corrected chi connectivity index (χ2v) is 2.97. The average molecular weight is 184 g/mol. The normalized spacial score (nSPS) is 12.6. The number of aliphatic hydroxyl groups is 1. The fraction of sp³-hybridized carbons (Fsp3) is 0.400. The molecule has 0 heterocycles. The van der Waals surface area contributed by atoms with Crippen molar-refractivity contribution in [3.63, 3.8) is 0 Å². The summed E-state index contributed by atoms with van der Waals surface area (Å²) in [6, 6.07) is 4.64. The quantitative estimate of drug-likeness (QED) is 0.777. The van der Waals surface area contributed by atoms with Crippen LogP contribution in [-0.4, -0.2) is 18.8 Å². The molecule has 1 aromatic carbocycles. The van der Waals surface area contributed by atoms with Gasteiger partial charge in [0.2, 0.25) is 0 Å². The third-order valence-electron chi connectivity index (χ3n) is 2.01. The maximum absolute atomic E-state index is 13.3. The molecule has 0 saturated carbocycles. The lowest BCUT2D eigenvalue weighted by atomic mass is 10.0. The van der Waals surface area contributed by atoms with Gasteiger partial charge >= 0.3 is 0 Å².